The highest BCUT2D eigenvalue weighted by Crippen LogP contribution is 2.26. The molecule has 0 bridgehead atoms. The van der Waals surface area contributed by atoms with Crippen LogP contribution in [0.5, 0.6) is 0 Å². The Morgan fingerprint density at radius 3 is 1.73 bits per heavy atom. The quantitative estimate of drug-likeness (QED) is 0.284. The standard InChI is InChI=1S/C26H25N5O6/c32-23(27-19-8-7-13-22(18-19)31(36)37)14-15-24(33)28-29-25(34)16-17-26(35)30(20-9-3-1-4-10-20)21-11-5-2-6-12-21/h1-13,18H,14-17H2,(H,27,32)(H,28,33)(H,29,34). The van der Waals surface area contributed by atoms with Crippen molar-refractivity contribution in [2.45, 2.75) is 25.7 Å². The Morgan fingerprint density at radius 1 is 0.676 bits per heavy atom. The maximum atomic E-state index is 12.9. The van der Waals surface area contributed by atoms with Crippen LogP contribution in [-0.2, 0) is 19.2 Å². The molecule has 0 spiro atoms. The molecule has 11 heteroatoms. The lowest BCUT2D eigenvalue weighted by molar-refractivity contribution is -0.384. The average molecular weight is 504 g/mol. The van der Waals surface area contributed by atoms with Crippen LogP contribution in [0.15, 0.2) is 84.9 Å². The molecule has 190 valence electrons. The molecule has 4 amide bonds. The molecule has 0 saturated carbocycles. The number of nitrogens with zero attached hydrogens (tertiary/aromatic N) is 2. The van der Waals surface area contributed by atoms with E-state index in [0.717, 1.165) is 0 Å². The topological polar surface area (TPSA) is 151 Å². The van der Waals surface area contributed by atoms with Gasteiger partial charge < -0.3 is 5.32 Å². The Hall–Kier alpha value is -5.06. The van der Waals surface area contributed by atoms with Crippen molar-refractivity contribution >= 4 is 46.4 Å². The van der Waals surface area contributed by atoms with E-state index >= 15 is 0 Å². The summed E-state index contributed by atoms with van der Waals surface area (Å²) in [6.07, 6.45) is -0.693. The fourth-order valence-electron chi connectivity index (χ4n) is 3.34. The molecule has 0 radical (unpaired) electrons. The Balaban J connectivity index is 1.43. The molecule has 0 aliphatic heterocycles. The summed E-state index contributed by atoms with van der Waals surface area (Å²) < 4.78 is 0. The predicted molar refractivity (Wildman–Crippen MR) is 137 cm³/mol. The van der Waals surface area contributed by atoms with Crippen LogP contribution in [0.1, 0.15) is 25.7 Å². The number of carbonyl (C=O) groups excluding carboxylic acids is 4. The van der Waals surface area contributed by atoms with E-state index in [1.165, 1.54) is 29.2 Å². The van der Waals surface area contributed by atoms with Crippen LogP contribution in [-0.4, -0.2) is 28.6 Å². The zero-order valence-electron chi connectivity index (χ0n) is 19.8. The van der Waals surface area contributed by atoms with Gasteiger partial charge in [0.15, 0.2) is 0 Å². The number of nitrogens with one attached hydrogen (secondary N) is 3. The van der Waals surface area contributed by atoms with E-state index in [0.29, 0.717) is 11.4 Å². The molecule has 3 aromatic carbocycles. The Labute approximate surface area is 212 Å². The number of anilines is 3. The van der Waals surface area contributed by atoms with Gasteiger partial charge in [0, 0.05) is 54.9 Å². The zero-order valence-corrected chi connectivity index (χ0v) is 19.8. The minimum absolute atomic E-state index is 0.100. The summed E-state index contributed by atoms with van der Waals surface area (Å²) in [5.74, 6) is -1.99. The molecule has 0 aliphatic carbocycles. The summed E-state index contributed by atoms with van der Waals surface area (Å²) in [5, 5.41) is 13.3. The Kier molecular flexibility index (Phi) is 9.43. The van der Waals surface area contributed by atoms with Gasteiger partial charge in [0.05, 0.1) is 4.92 Å². The summed E-state index contributed by atoms with van der Waals surface area (Å²) >= 11 is 0. The van der Waals surface area contributed by atoms with E-state index in [9.17, 15) is 29.3 Å². The Morgan fingerprint density at radius 2 is 1.19 bits per heavy atom. The third kappa shape index (κ3) is 8.28. The van der Waals surface area contributed by atoms with Crippen molar-refractivity contribution in [3.05, 3.63) is 95.0 Å². The summed E-state index contributed by atoms with van der Waals surface area (Å²) in [4.78, 5) is 60.9. The third-order valence-electron chi connectivity index (χ3n) is 5.11. The molecule has 37 heavy (non-hydrogen) atoms. The number of nitro groups is 1. The second-order valence-electron chi connectivity index (χ2n) is 7.85. The van der Waals surface area contributed by atoms with Gasteiger partial charge in [0.2, 0.25) is 23.6 Å². The number of carbonyl (C=O) groups is 4. The number of nitro benzene ring substituents is 1. The summed E-state index contributed by atoms with van der Waals surface area (Å²) in [5.41, 5.74) is 5.83. The first kappa shape index (κ1) is 26.5. The predicted octanol–water partition coefficient (Wildman–Crippen LogP) is 3.61. The van der Waals surface area contributed by atoms with E-state index in [-0.39, 0.29) is 43.0 Å². The van der Waals surface area contributed by atoms with Gasteiger partial charge in [-0.2, -0.15) is 0 Å². The zero-order chi connectivity index (χ0) is 26.6. The van der Waals surface area contributed by atoms with Crippen LogP contribution in [0.3, 0.4) is 0 Å². The van der Waals surface area contributed by atoms with E-state index in [1.807, 2.05) is 36.4 Å². The first-order valence-electron chi connectivity index (χ1n) is 11.4. The van der Waals surface area contributed by atoms with Gasteiger partial charge in [0.25, 0.3) is 5.69 Å². The lowest BCUT2D eigenvalue weighted by Gasteiger charge is -2.23. The third-order valence-corrected chi connectivity index (χ3v) is 5.11. The van der Waals surface area contributed by atoms with Crippen molar-refractivity contribution in [2.75, 3.05) is 10.2 Å². The molecule has 0 aliphatic rings. The minimum atomic E-state index is -0.607. The van der Waals surface area contributed by atoms with Gasteiger partial charge in [0.1, 0.15) is 0 Å². The second-order valence-corrected chi connectivity index (χ2v) is 7.85. The van der Waals surface area contributed by atoms with E-state index in [4.69, 9.17) is 0 Å². The largest absolute Gasteiger partial charge is 0.326 e. The molecule has 0 unspecified atom stereocenters. The van der Waals surface area contributed by atoms with Crippen LogP contribution >= 0.6 is 0 Å². The van der Waals surface area contributed by atoms with Crippen molar-refractivity contribution in [2.24, 2.45) is 0 Å². The smallest absolute Gasteiger partial charge is 0.271 e. The highest BCUT2D eigenvalue weighted by Gasteiger charge is 2.19. The van der Waals surface area contributed by atoms with Crippen LogP contribution in [0.2, 0.25) is 0 Å². The number of rotatable bonds is 10. The number of benzene rings is 3. The van der Waals surface area contributed by atoms with Gasteiger partial charge in [-0.05, 0) is 30.3 Å². The average Bonchev–Trinajstić information content (AvgIpc) is 2.91. The molecular weight excluding hydrogens is 478 g/mol. The van der Waals surface area contributed by atoms with Crippen LogP contribution in [0.4, 0.5) is 22.7 Å². The molecule has 0 saturated heterocycles. The summed E-state index contributed by atoms with van der Waals surface area (Å²) in [6.45, 7) is 0. The molecule has 3 rings (SSSR count). The fraction of sp³-hybridized carbons (Fsp3) is 0.154. The molecule has 0 fully saturated rings. The number of hydrogen-bond donors (Lipinski definition) is 3. The molecule has 0 heterocycles. The van der Waals surface area contributed by atoms with Crippen molar-refractivity contribution in [3.8, 4) is 0 Å². The van der Waals surface area contributed by atoms with Crippen molar-refractivity contribution in [1.29, 1.82) is 0 Å². The first-order chi connectivity index (χ1) is 17.8. The van der Waals surface area contributed by atoms with Gasteiger partial charge in [-0.3, -0.25) is 45.0 Å². The molecule has 11 nitrogen and oxygen atoms in total. The molecule has 0 atom stereocenters. The summed E-state index contributed by atoms with van der Waals surface area (Å²) in [6, 6.07) is 23.5. The van der Waals surface area contributed by atoms with Gasteiger partial charge in [-0.15, -0.1) is 0 Å². The van der Waals surface area contributed by atoms with Crippen LogP contribution < -0.4 is 21.1 Å². The lowest BCUT2D eigenvalue weighted by atomic mass is 10.2. The molecule has 3 N–H and O–H groups in total. The fourth-order valence-corrected chi connectivity index (χ4v) is 3.34. The number of amides is 4. The highest BCUT2D eigenvalue weighted by molar-refractivity contribution is 6.01. The van der Waals surface area contributed by atoms with E-state index in [1.54, 1.807) is 24.3 Å². The normalized spacial score (nSPS) is 10.2. The van der Waals surface area contributed by atoms with Gasteiger partial charge >= 0.3 is 0 Å². The lowest BCUT2D eigenvalue weighted by Crippen LogP contribution is -2.42. The second kappa shape index (κ2) is 13.1. The first-order valence-corrected chi connectivity index (χ1v) is 11.4. The highest BCUT2D eigenvalue weighted by atomic mass is 16.6. The number of hydrogen-bond acceptors (Lipinski definition) is 6. The van der Waals surface area contributed by atoms with Crippen molar-refractivity contribution in [1.82, 2.24) is 10.9 Å². The van der Waals surface area contributed by atoms with Crippen molar-refractivity contribution < 1.29 is 24.1 Å². The molecule has 0 aromatic heterocycles. The maximum Gasteiger partial charge on any atom is 0.271 e. The number of hydrazine groups is 1. The molecule has 3 aromatic rings. The van der Waals surface area contributed by atoms with Gasteiger partial charge in [-0.25, -0.2) is 0 Å². The SMILES string of the molecule is O=C(CCC(=O)Nc1cccc([N+](=O)[O-])c1)NNC(=O)CCC(=O)N(c1ccccc1)c1ccccc1. The maximum absolute atomic E-state index is 12.9. The van der Waals surface area contributed by atoms with Gasteiger partial charge in [-0.1, -0.05) is 42.5 Å². The monoisotopic (exact) mass is 503 g/mol. The van der Waals surface area contributed by atoms with E-state index in [2.05, 4.69) is 16.2 Å². The number of non-ortho nitro benzene ring substituents is 1. The summed E-state index contributed by atoms with van der Waals surface area (Å²) in [7, 11) is 0. The minimum Gasteiger partial charge on any atom is -0.326 e. The Bertz CT molecular complexity index is 1230. The number of para-hydroxylation sites is 2. The van der Waals surface area contributed by atoms with Crippen molar-refractivity contribution in [3.63, 3.8) is 0 Å². The molecular formula is C26H25N5O6. The van der Waals surface area contributed by atoms with E-state index < -0.39 is 22.6 Å². The van der Waals surface area contributed by atoms with Crippen LogP contribution in [0, 0.1) is 10.1 Å². The van der Waals surface area contributed by atoms with Crippen LogP contribution in [0.25, 0.3) is 0 Å².